The van der Waals surface area contributed by atoms with Crippen LogP contribution >= 0.6 is 11.3 Å². The zero-order valence-electron chi connectivity index (χ0n) is 21.9. The molecule has 4 heterocycles. The number of hydrogen-bond donors (Lipinski definition) is 1. The normalized spacial score (nSPS) is 22.4. The van der Waals surface area contributed by atoms with E-state index in [-0.39, 0.29) is 29.9 Å². The van der Waals surface area contributed by atoms with E-state index in [0.29, 0.717) is 34.0 Å². The number of alkyl halides is 3. The first-order chi connectivity index (χ1) is 19.7. The van der Waals surface area contributed by atoms with Gasteiger partial charge in [0.15, 0.2) is 0 Å². The van der Waals surface area contributed by atoms with Crippen molar-refractivity contribution in [2.45, 2.75) is 75.6 Å². The van der Waals surface area contributed by atoms with Crippen molar-refractivity contribution in [3.8, 4) is 17.0 Å². The lowest BCUT2D eigenvalue weighted by Crippen LogP contribution is -2.45. The summed E-state index contributed by atoms with van der Waals surface area (Å²) in [6.07, 6.45) is 0.804. The van der Waals surface area contributed by atoms with Gasteiger partial charge in [0.05, 0.1) is 12.7 Å². The first-order valence-electron chi connectivity index (χ1n) is 13.7. The van der Waals surface area contributed by atoms with Gasteiger partial charge in [-0.3, -0.25) is 0 Å². The van der Waals surface area contributed by atoms with E-state index in [0.717, 1.165) is 54.3 Å². The van der Waals surface area contributed by atoms with Gasteiger partial charge in [0.1, 0.15) is 22.1 Å². The Hall–Kier alpha value is -3.57. The van der Waals surface area contributed by atoms with E-state index in [1.54, 1.807) is 18.2 Å². The number of hydrogen-bond acceptors (Lipinski definition) is 7. The van der Waals surface area contributed by atoms with Crippen molar-refractivity contribution < 1.29 is 37.1 Å². The summed E-state index contributed by atoms with van der Waals surface area (Å²) < 4.78 is 56.7. The number of carboxylic acids is 1. The Morgan fingerprint density at radius 2 is 1.83 bits per heavy atom. The van der Waals surface area contributed by atoms with E-state index in [9.17, 15) is 23.1 Å². The van der Waals surface area contributed by atoms with E-state index in [1.807, 2.05) is 6.07 Å². The topological polar surface area (TPSA) is 85.0 Å². The molecule has 1 aliphatic carbocycles. The summed E-state index contributed by atoms with van der Waals surface area (Å²) in [5, 5.41) is 14.5. The Balaban J connectivity index is 1.09. The molecule has 1 saturated carbocycles. The van der Waals surface area contributed by atoms with E-state index in [2.05, 4.69) is 26.9 Å². The minimum atomic E-state index is -4.82. The van der Waals surface area contributed by atoms with Crippen LogP contribution in [-0.2, 0) is 11.3 Å². The average molecular weight is 585 g/mol. The first-order valence-corrected chi connectivity index (χ1v) is 14.6. The van der Waals surface area contributed by atoms with Crippen LogP contribution in [0.1, 0.15) is 65.4 Å². The number of thiophene rings is 1. The summed E-state index contributed by atoms with van der Waals surface area (Å²) in [5.74, 6) is -0.339. The highest BCUT2D eigenvalue weighted by Gasteiger charge is 2.42. The predicted molar refractivity (Wildman–Crippen MR) is 146 cm³/mol. The standard InChI is InChI=1S/C30H27F3N2O5S/c31-30(32,33)39-24-4-2-1-3-22(24)27-23(28(40-34-27)16-5-6-16)15-38-21-13-19-7-8-20(14-21)35(19)18-9-10-25-17(11-18)12-26(41-25)29(36)37/h1-4,9-12,16,19-21H,5-8,13-15H2,(H,36,37)/t19-,20+,21?. The highest BCUT2D eigenvalue weighted by atomic mass is 32.1. The number of ether oxygens (including phenoxy) is 2. The number of nitrogens with zero attached hydrogens (tertiary/aromatic N) is 2. The van der Waals surface area contributed by atoms with Gasteiger partial charge in [-0.05, 0) is 80.3 Å². The number of anilines is 1. The number of aromatic nitrogens is 1. The third kappa shape index (κ3) is 5.17. The molecule has 3 fully saturated rings. The zero-order valence-corrected chi connectivity index (χ0v) is 22.7. The van der Waals surface area contributed by atoms with Crippen molar-refractivity contribution in [3.63, 3.8) is 0 Å². The molecule has 7 nitrogen and oxygen atoms in total. The third-order valence-electron chi connectivity index (χ3n) is 8.30. The lowest BCUT2D eigenvalue weighted by Gasteiger charge is -2.40. The maximum atomic E-state index is 13.1. The Kier molecular flexibility index (Phi) is 6.46. The number of halogens is 3. The molecule has 2 aromatic heterocycles. The summed E-state index contributed by atoms with van der Waals surface area (Å²) in [6, 6.07) is 14.4. The SMILES string of the molecule is O=C(O)c1cc2cc(N3[C@@H]4CC[C@H]3CC(OCc3c(-c5ccccc5OC(F)(F)F)noc3C3CC3)C4)ccc2s1. The molecule has 3 aliphatic rings. The first kappa shape index (κ1) is 26.3. The molecule has 3 atom stereocenters. The molecule has 1 unspecified atom stereocenters. The summed E-state index contributed by atoms with van der Waals surface area (Å²) in [4.78, 5) is 14.2. The van der Waals surface area contributed by atoms with Crippen LogP contribution in [0.2, 0.25) is 0 Å². The monoisotopic (exact) mass is 584 g/mol. The molecule has 0 spiro atoms. The van der Waals surface area contributed by atoms with E-state index in [4.69, 9.17) is 9.26 Å². The minimum Gasteiger partial charge on any atom is -0.477 e. The van der Waals surface area contributed by atoms with Crippen LogP contribution in [0.15, 0.2) is 53.1 Å². The van der Waals surface area contributed by atoms with Crippen LogP contribution in [-0.4, -0.2) is 40.8 Å². The molecule has 214 valence electrons. The molecular weight excluding hydrogens is 557 g/mol. The summed E-state index contributed by atoms with van der Waals surface area (Å²) >= 11 is 1.28. The number of carbonyl (C=O) groups is 1. The molecular formula is C30H27F3N2O5S. The van der Waals surface area contributed by atoms with Crippen LogP contribution in [0.4, 0.5) is 18.9 Å². The quantitative estimate of drug-likeness (QED) is 0.227. The van der Waals surface area contributed by atoms with Crippen LogP contribution in [0.3, 0.4) is 0 Å². The fourth-order valence-electron chi connectivity index (χ4n) is 6.40. The second kappa shape index (κ2) is 10.1. The number of carboxylic acid groups (broad SMARTS) is 1. The van der Waals surface area contributed by atoms with Gasteiger partial charge in [0.2, 0.25) is 0 Å². The number of benzene rings is 2. The van der Waals surface area contributed by atoms with Crippen molar-refractivity contribution in [2.75, 3.05) is 4.90 Å². The van der Waals surface area contributed by atoms with Gasteiger partial charge in [0.25, 0.3) is 0 Å². The predicted octanol–water partition coefficient (Wildman–Crippen LogP) is 7.75. The minimum absolute atomic E-state index is 0.0105. The maximum Gasteiger partial charge on any atom is 0.573 e. The third-order valence-corrected chi connectivity index (χ3v) is 9.40. The molecule has 4 aromatic rings. The van der Waals surface area contributed by atoms with E-state index >= 15 is 0 Å². The number of rotatable bonds is 8. The number of aromatic carboxylic acids is 1. The van der Waals surface area contributed by atoms with Crippen LogP contribution < -0.4 is 9.64 Å². The Morgan fingerprint density at radius 1 is 1.07 bits per heavy atom. The maximum absolute atomic E-state index is 13.1. The highest BCUT2D eigenvalue weighted by molar-refractivity contribution is 7.20. The van der Waals surface area contributed by atoms with Crippen molar-refractivity contribution in [2.24, 2.45) is 0 Å². The van der Waals surface area contributed by atoms with Gasteiger partial charge < -0.3 is 24.0 Å². The van der Waals surface area contributed by atoms with Gasteiger partial charge in [-0.2, -0.15) is 0 Å². The van der Waals surface area contributed by atoms with Crippen molar-refractivity contribution in [3.05, 3.63) is 64.7 Å². The average Bonchev–Trinajstić information content (AvgIpc) is 3.44. The molecule has 2 bridgehead atoms. The molecule has 2 saturated heterocycles. The summed E-state index contributed by atoms with van der Waals surface area (Å²) in [7, 11) is 0. The zero-order chi connectivity index (χ0) is 28.3. The molecule has 0 amide bonds. The number of para-hydroxylation sites is 1. The molecule has 2 aromatic carbocycles. The van der Waals surface area contributed by atoms with Crippen LogP contribution in [0.25, 0.3) is 21.3 Å². The van der Waals surface area contributed by atoms with Crippen LogP contribution in [0.5, 0.6) is 5.75 Å². The van der Waals surface area contributed by atoms with Gasteiger partial charge in [-0.25, -0.2) is 4.79 Å². The van der Waals surface area contributed by atoms with Crippen LogP contribution in [0, 0.1) is 0 Å². The van der Waals surface area contributed by atoms with Crippen molar-refractivity contribution in [1.82, 2.24) is 5.16 Å². The second-order valence-electron chi connectivity index (χ2n) is 11.0. The Bertz CT molecular complexity index is 1600. The smallest absolute Gasteiger partial charge is 0.477 e. The van der Waals surface area contributed by atoms with Crippen molar-refractivity contribution >= 4 is 33.1 Å². The fourth-order valence-corrected chi connectivity index (χ4v) is 7.28. The fraction of sp³-hybridized carbons (Fsp3) is 0.400. The highest BCUT2D eigenvalue weighted by Crippen LogP contribution is 2.47. The summed E-state index contributed by atoms with van der Waals surface area (Å²) in [5.41, 5.74) is 2.34. The lowest BCUT2D eigenvalue weighted by atomic mass is 9.98. The number of piperidine rings is 1. The lowest BCUT2D eigenvalue weighted by molar-refractivity contribution is -0.274. The molecule has 1 N–H and O–H groups in total. The van der Waals surface area contributed by atoms with Gasteiger partial charge in [0, 0.05) is 39.5 Å². The molecule has 2 aliphatic heterocycles. The molecule has 0 radical (unpaired) electrons. The van der Waals surface area contributed by atoms with Gasteiger partial charge in [-0.1, -0.05) is 17.3 Å². The molecule has 7 rings (SSSR count). The van der Waals surface area contributed by atoms with Gasteiger partial charge in [-0.15, -0.1) is 24.5 Å². The summed E-state index contributed by atoms with van der Waals surface area (Å²) in [6.45, 7) is 0.202. The Morgan fingerprint density at radius 3 is 2.54 bits per heavy atom. The largest absolute Gasteiger partial charge is 0.573 e. The van der Waals surface area contributed by atoms with E-state index in [1.165, 1.54) is 23.5 Å². The molecule has 11 heteroatoms. The van der Waals surface area contributed by atoms with Gasteiger partial charge >= 0.3 is 12.3 Å². The van der Waals surface area contributed by atoms with Crippen molar-refractivity contribution in [1.29, 1.82) is 0 Å². The number of fused-ring (bicyclic) bond motifs is 3. The molecule has 41 heavy (non-hydrogen) atoms. The second-order valence-corrected chi connectivity index (χ2v) is 12.1. The van der Waals surface area contributed by atoms with E-state index < -0.39 is 12.3 Å². The Labute approximate surface area is 237 Å².